The Morgan fingerprint density at radius 1 is 1.22 bits per heavy atom. The summed E-state index contributed by atoms with van der Waals surface area (Å²) in [6, 6.07) is 13.3. The molecule has 0 radical (unpaired) electrons. The minimum atomic E-state index is -0.278. The summed E-state index contributed by atoms with van der Waals surface area (Å²) in [6.07, 6.45) is 5.52. The zero-order chi connectivity index (χ0) is 19.6. The molecule has 138 valence electrons. The predicted molar refractivity (Wildman–Crippen MR) is 110 cm³/mol. The van der Waals surface area contributed by atoms with Crippen LogP contribution in [0.3, 0.4) is 0 Å². The predicted octanol–water partition coefficient (Wildman–Crippen LogP) is 4.38. The lowest BCUT2D eigenvalue weighted by atomic mass is 9.87. The fraction of sp³-hybridized carbons (Fsp3) is 0.273. The van der Waals surface area contributed by atoms with Crippen LogP contribution in [0.2, 0.25) is 0 Å². The number of carbonyl (C=O) groups excluding carboxylic acids is 1. The van der Waals surface area contributed by atoms with Crippen molar-refractivity contribution in [1.29, 1.82) is 0 Å². The molecule has 0 saturated carbocycles. The van der Waals surface area contributed by atoms with Gasteiger partial charge in [0.1, 0.15) is 5.75 Å². The van der Waals surface area contributed by atoms with E-state index in [1.807, 2.05) is 47.0 Å². The Labute approximate surface area is 163 Å². The first-order chi connectivity index (χ1) is 12.8. The van der Waals surface area contributed by atoms with Crippen molar-refractivity contribution >= 4 is 27.5 Å². The van der Waals surface area contributed by atoms with Crippen molar-refractivity contribution in [2.75, 3.05) is 7.11 Å². The zero-order valence-corrected chi connectivity index (χ0v) is 16.8. The van der Waals surface area contributed by atoms with E-state index < -0.39 is 0 Å². The number of terminal acetylenes is 1. The van der Waals surface area contributed by atoms with Crippen LogP contribution >= 0.6 is 11.3 Å². The van der Waals surface area contributed by atoms with Gasteiger partial charge >= 0.3 is 0 Å². The third-order valence-corrected chi connectivity index (χ3v) is 5.38. The van der Waals surface area contributed by atoms with Crippen molar-refractivity contribution in [3.63, 3.8) is 0 Å². The van der Waals surface area contributed by atoms with Crippen molar-refractivity contribution in [3.05, 3.63) is 58.4 Å². The normalized spacial score (nSPS) is 12.2. The number of amides is 1. The lowest BCUT2D eigenvalue weighted by molar-refractivity contribution is 0.0998. The third kappa shape index (κ3) is 3.96. The molecule has 5 heteroatoms. The molecule has 2 aromatic carbocycles. The molecule has 0 N–H and O–H groups in total. The van der Waals surface area contributed by atoms with Gasteiger partial charge in [0.2, 0.25) is 0 Å². The first kappa shape index (κ1) is 18.9. The van der Waals surface area contributed by atoms with Crippen LogP contribution in [0.5, 0.6) is 5.75 Å². The van der Waals surface area contributed by atoms with Crippen molar-refractivity contribution in [2.24, 2.45) is 4.99 Å². The van der Waals surface area contributed by atoms with Crippen molar-refractivity contribution in [1.82, 2.24) is 4.57 Å². The summed E-state index contributed by atoms with van der Waals surface area (Å²) in [6.45, 7) is 6.77. The van der Waals surface area contributed by atoms with Crippen molar-refractivity contribution in [3.8, 4) is 18.1 Å². The van der Waals surface area contributed by atoms with Gasteiger partial charge in [0.05, 0.1) is 23.9 Å². The summed E-state index contributed by atoms with van der Waals surface area (Å²) in [4.78, 5) is 17.6. The Hall–Kier alpha value is -2.84. The first-order valence-corrected chi connectivity index (χ1v) is 9.45. The van der Waals surface area contributed by atoms with Gasteiger partial charge in [-0.1, -0.05) is 50.2 Å². The van der Waals surface area contributed by atoms with Crippen LogP contribution in [0.25, 0.3) is 10.2 Å². The molecule has 27 heavy (non-hydrogen) atoms. The summed E-state index contributed by atoms with van der Waals surface area (Å²) in [5, 5.41) is 0. The standard InChI is InChI=1S/C22H22N2O2S/c1-6-13-24-18-12-11-17(26-5)14-19(18)27-21(24)23-20(25)15-7-9-16(10-8-15)22(2,3)4/h1,7-12,14H,13H2,2-5H3. The number of hydrogen-bond donors (Lipinski definition) is 0. The summed E-state index contributed by atoms with van der Waals surface area (Å²) in [5.41, 5.74) is 2.72. The number of thiazole rings is 1. The Kier molecular flexibility index (Phi) is 5.20. The lowest BCUT2D eigenvalue weighted by Crippen LogP contribution is -2.16. The number of benzene rings is 2. The van der Waals surface area contributed by atoms with E-state index in [-0.39, 0.29) is 11.3 Å². The fourth-order valence-electron chi connectivity index (χ4n) is 2.77. The minimum absolute atomic E-state index is 0.0407. The van der Waals surface area contributed by atoms with Gasteiger partial charge in [-0.2, -0.15) is 4.99 Å². The maximum Gasteiger partial charge on any atom is 0.279 e. The van der Waals surface area contributed by atoms with E-state index in [9.17, 15) is 4.79 Å². The van der Waals surface area contributed by atoms with E-state index in [0.29, 0.717) is 16.9 Å². The van der Waals surface area contributed by atoms with Crippen LogP contribution in [-0.2, 0) is 12.0 Å². The molecule has 4 nitrogen and oxygen atoms in total. The monoisotopic (exact) mass is 378 g/mol. The lowest BCUT2D eigenvalue weighted by Gasteiger charge is -2.18. The van der Waals surface area contributed by atoms with Gasteiger partial charge in [-0.15, -0.1) is 6.42 Å². The number of nitrogens with zero attached hydrogens (tertiary/aromatic N) is 2. The molecule has 0 aliphatic heterocycles. The molecule has 0 aliphatic rings. The molecular weight excluding hydrogens is 356 g/mol. The molecule has 0 bridgehead atoms. The Morgan fingerprint density at radius 3 is 2.52 bits per heavy atom. The topological polar surface area (TPSA) is 43.6 Å². The van der Waals surface area contributed by atoms with E-state index >= 15 is 0 Å². The summed E-state index contributed by atoms with van der Waals surface area (Å²) in [7, 11) is 1.63. The second-order valence-corrected chi connectivity index (χ2v) is 8.26. The molecule has 0 fully saturated rings. The molecule has 1 aromatic heterocycles. The Balaban J connectivity index is 2.05. The van der Waals surface area contributed by atoms with E-state index in [1.165, 1.54) is 16.9 Å². The molecule has 1 amide bonds. The molecule has 0 spiro atoms. The molecule has 0 aliphatic carbocycles. The zero-order valence-electron chi connectivity index (χ0n) is 15.9. The number of ether oxygens (including phenoxy) is 1. The largest absolute Gasteiger partial charge is 0.497 e. The van der Waals surface area contributed by atoms with Crippen LogP contribution in [0, 0.1) is 12.3 Å². The summed E-state index contributed by atoms with van der Waals surface area (Å²) < 4.78 is 8.13. The molecule has 0 atom stereocenters. The third-order valence-electron chi connectivity index (χ3n) is 4.33. The maximum absolute atomic E-state index is 12.7. The van der Waals surface area contributed by atoms with Crippen LogP contribution < -0.4 is 9.54 Å². The highest BCUT2D eigenvalue weighted by molar-refractivity contribution is 7.16. The van der Waals surface area contributed by atoms with Gasteiger partial charge < -0.3 is 9.30 Å². The van der Waals surface area contributed by atoms with Crippen molar-refractivity contribution < 1.29 is 9.53 Å². The van der Waals surface area contributed by atoms with E-state index in [0.717, 1.165) is 16.0 Å². The highest BCUT2D eigenvalue weighted by Crippen LogP contribution is 2.24. The highest BCUT2D eigenvalue weighted by atomic mass is 32.1. The van der Waals surface area contributed by atoms with Gasteiger partial charge in [-0.25, -0.2) is 0 Å². The van der Waals surface area contributed by atoms with Crippen LogP contribution in [0.15, 0.2) is 47.5 Å². The van der Waals surface area contributed by atoms with Gasteiger partial charge in [-0.3, -0.25) is 4.79 Å². The van der Waals surface area contributed by atoms with E-state index in [1.54, 1.807) is 7.11 Å². The highest BCUT2D eigenvalue weighted by Gasteiger charge is 2.14. The number of rotatable bonds is 3. The van der Waals surface area contributed by atoms with Crippen LogP contribution in [0.1, 0.15) is 36.7 Å². The van der Waals surface area contributed by atoms with E-state index in [4.69, 9.17) is 11.2 Å². The minimum Gasteiger partial charge on any atom is -0.497 e. The average molecular weight is 378 g/mol. The second-order valence-electron chi connectivity index (χ2n) is 7.25. The van der Waals surface area contributed by atoms with Crippen LogP contribution in [-0.4, -0.2) is 17.6 Å². The smallest absolute Gasteiger partial charge is 0.279 e. The fourth-order valence-corrected chi connectivity index (χ4v) is 3.83. The van der Waals surface area contributed by atoms with Crippen LogP contribution in [0.4, 0.5) is 0 Å². The second kappa shape index (κ2) is 7.42. The quantitative estimate of drug-likeness (QED) is 0.635. The Morgan fingerprint density at radius 2 is 1.93 bits per heavy atom. The average Bonchev–Trinajstić information content (AvgIpc) is 2.97. The van der Waals surface area contributed by atoms with E-state index in [2.05, 4.69) is 31.7 Å². The molecule has 0 saturated heterocycles. The number of methoxy groups -OCH3 is 1. The van der Waals surface area contributed by atoms with Gasteiger partial charge in [0.25, 0.3) is 5.91 Å². The van der Waals surface area contributed by atoms with Gasteiger partial charge in [0, 0.05) is 5.56 Å². The first-order valence-electron chi connectivity index (χ1n) is 8.64. The maximum atomic E-state index is 12.7. The molecule has 3 aromatic rings. The molecule has 1 heterocycles. The number of carbonyl (C=O) groups is 1. The summed E-state index contributed by atoms with van der Waals surface area (Å²) in [5.74, 6) is 3.11. The SMILES string of the molecule is C#CCn1c(=NC(=O)c2ccc(C(C)(C)C)cc2)sc2cc(OC)ccc21. The summed E-state index contributed by atoms with van der Waals surface area (Å²) >= 11 is 1.42. The number of fused-ring (bicyclic) bond motifs is 1. The van der Waals surface area contributed by atoms with Gasteiger partial charge in [0.15, 0.2) is 4.80 Å². The molecule has 3 rings (SSSR count). The number of aromatic nitrogens is 1. The number of hydrogen-bond acceptors (Lipinski definition) is 3. The van der Waals surface area contributed by atoms with Crippen molar-refractivity contribution in [2.45, 2.75) is 32.7 Å². The molecule has 0 unspecified atom stereocenters. The Bertz CT molecular complexity index is 1090. The molecular formula is C22H22N2O2S. The van der Waals surface area contributed by atoms with Gasteiger partial charge in [-0.05, 0) is 41.3 Å².